The predicted molar refractivity (Wildman–Crippen MR) is 86.5 cm³/mol. The van der Waals surface area contributed by atoms with Crippen molar-refractivity contribution in [3.8, 4) is 0 Å². The second-order valence-corrected chi connectivity index (χ2v) is 5.80. The molecule has 0 heterocycles. The topological polar surface area (TPSA) is 43.1 Å². The van der Waals surface area contributed by atoms with E-state index in [1.165, 1.54) is 22.3 Å². The molecule has 0 amide bonds. The van der Waals surface area contributed by atoms with Crippen LogP contribution in [0.5, 0.6) is 0 Å². The lowest BCUT2D eigenvalue weighted by Crippen LogP contribution is -2.34. The highest BCUT2D eigenvalue weighted by atomic mass is 16.1. The Morgan fingerprint density at radius 1 is 1.25 bits per heavy atom. The zero-order chi connectivity index (χ0) is 15.3. The molecular weight excluding hydrogens is 246 g/mol. The minimum absolute atomic E-state index is 0.00921. The molecular formula is C18H27NO. The van der Waals surface area contributed by atoms with Crippen LogP contribution in [0.15, 0.2) is 29.8 Å². The number of carbonyl (C=O) groups excluding carboxylic acids is 1. The Morgan fingerprint density at radius 2 is 1.85 bits per heavy atom. The van der Waals surface area contributed by atoms with E-state index in [1.807, 2.05) is 26.0 Å². The van der Waals surface area contributed by atoms with Crippen molar-refractivity contribution in [1.29, 1.82) is 0 Å². The summed E-state index contributed by atoms with van der Waals surface area (Å²) in [7, 11) is 0. The van der Waals surface area contributed by atoms with Gasteiger partial charge in [-0.1, -0.05) is 50.6 Å². The molecule has 0 spiro atoms. The number of aryl methyl sites for hydroxylation is 1. The molecule has 2 heteroatoms. The molecule has 0 bridgehead atoms. The van der Waals surface area contributed by atoms with E-state index in [0.29, 0.717) is 6.42 Å². The molecule has 1 atom stereocenters. The van der Waals surface area contributed by atoms with Crippen molar-refractivity contribution >= 4 is 11.4 Å². The molecule has 2 N–H and O–H groups in total. The highest BCUT2D eigenvalue weighted by Crippen LogP contribution is 2.28. The fourth-order valence-corrected chi connectivity index (χ4v) is 2.39. The van der Waals surface area contributed by atoms with Crippen molar-refractivity contribution in [2.45, 2.75) is 53.5 Å². The lowest BCUT2D eigenvalue weighted by molar-refractivity contribution is -0.123. The van der Waals surface area contributed by atoms with Crippen molar-refractivity contribution in [3.05, 3.63) is 41.0 Å². The number of benzene rings is 1. The van der Waals surface area contributed by atoms with Gasteiger partial charge in [0, 0.05) is 5.92 Å². The number of Topliss-reactive ketones (excluding diaryl/α,β-unsaturated/α-hetero) is 1. The number of hydrogen-bond donors (Lipinski definition) is 1. The summed E-state index contributed by atoms with van der Waals surface area (Å²) in [6, 6.07) is 7.90. The fraction of sp³-hybridized carbons (Fsp3) is 0.500. The first-order valence-corrected chi connectivity index (χ1v) is 7.42. The van der Waals surface area contributed by atoms with Gasteiger partial charge in [0.1, 0.15) is 0 Å². The average Bonchev–Trinajstić information content (AvgIpc) is 2.43. The van der Waals surface area contributed by atoms with Crippen LogP contribution in [0.25, 0.3) is 5.57 Å². The van der Waals surface area contributed by atoms with Crippen molar-refractivity contribution < 1.29 is 4.79 Å². The van der Waals surface area contributed by atoms with Crippen molar-refractivity contribution in [2.75, 3.05) is 0 Å². The SMILES string of the molecule is CC/C(C)=C(\CC(N)C(=O)C(C)C)c1ccccc1C. The quantitative estimate of drug-likeness (QED) is 0.847. The minimum atomic E-state index is -0.411. The molecule has 0 aromatic heterocycles. The molecule has 0 saturated heterocycles. The molecule has 110 valence electrons. The Kier molecular flexibility index (Phi) is 6.15. The molecule has 1 aromatic rings. The van der Waals surface area contributed by atoms with E-state index in [1.54, 1.807) is 0 Å². The summed E-state index contributed by atoms with van der Waals surface area (Å²) in [5.74, 6) is 0.130. The smallest absolute Gasteiger partial charge is 0.152 e. The molecule has 0 aliphatic heterocycles. The number of ketones is 1. The Labute approximate surface area is 123 Å². The molecule has 0 radical (unpaired) electrons. The summed E-state index contributed by atoms with van der Waals surface area (Å²) in [5, 5.41) is 0. The van der Waals surface area contributed by atoms with Gasteiger partial charge >= 0.3 is 0 Å². The first-order valence-electron chi connectivity index (χ1n) is 7.42. The van der Waals surface area contributed by atoms with Crippen molar-refractivity contribution in [2.24, 2.45) is 11.7 Å². The highest BCUT2D eigenvalue weighted by Gasteiger charge is 2.20. The third-order valence-corrected chi connectivity index (χ3v) is 3.87. The van der Waals surface area contributed by atoms with Crippen LogP contribution in [0.2, 0.25) is 0 Å². The summed E-state index contributed by atoms with van der Waals surface area (Å²) in [6.07, 6.45) is 1.60. The molecule has 0 fully saturated rings. The molecule has 1 rings (SSSR count). The van der Waals surface area contributed by atoms with Gasteiger partial charge in [0.2, 0.25) is 0 Å². The predicted octanol–water partition coefficient (Wildman–Crippen LogP) is 4.12. The maximum atomic E-state index is 12.1. The van der Waals surface area contributed by atoms with Gasteiger partial charge in [0.25, 0.3) is 0 Å². The van der Waals surface area contributed by atoms with Crippen molar-refractivity contribution in [3.63, 3.8) is 0 Å². The van der Waals surface area contributed by atoms with Gasteiger partial charge < -0.3 is 5.73 Å². The van der Waals surface area contributed by atoms with E-state index in [2.05, 4.69) is 32.9 Å². The minimum Gasteiger partial charge on any atom is -0.321 e. The molecule has 2 nitrogen and oxygen atoms in total. The van der Waals surface area contributed by atoms with E-state index in [0.717, 1.165) is 6.42 Å². The summed E-state index contributed by atoms with van der Waals surface area (Å²) in [4.78, 5) is 12.1. The van der Waals surface area contributed by atoms with Crippen LogP contribution in [-0.2, 0) is 4.79 Å². The van der Waals surface area contributed by atoms with Gasteiger partial charge in [-0.15, -0.1) is 0 Å². The standard InChI is InChI=1S/C18H27NO/c1-6-13(4)16(11-17(19)18(20)12(2)3)15-10-8-7-9-14(15)5/h7-10,12,17H,6,11,19H2,1-5H3/b16-13+. The number of carbonyl (C=O) groups is 1. The number of nitrogens with two attached hydrogens (primary N) is 1. The van der Waals surface area contributed by atoms with Gasteiger partial charge in [0.15, 0.2) is 5.78 Å². The Hall–Kier alpha value is -1.41. The second-order valence-electron chi connectivity index (χ2n) is 5.80. The lowest BCUT2D eigenvalue weighted by Gasteiger charge is -2.19. The zero-order valence-electron chi connectivity index (χ0n) is 13.4. The Morgan fingerprint density at radius 3 is 2.35 bits per heavy atom. The Balaban J connectivity index is 3.12. The van der Waals surface area contributed by atoms with Crippen LogP contribution in [0, 0.1) is 12.8 Å². The summed E-state index contributed by atoms with van der Waals surface area (Å²) in [6.45, 7) is 10.2. The molecule has 0 saturated carbocycles. The maximum absolute atomic E-state index is 12.1. The van der Waals surface area contributed by atoms with Crippen LogP contribution < -0.4 is 5.73 Å². The third-order valence-electron chi connectivity index (χ3n) is 3.87. The average molecular weight is 273 g/mol. The van der Waals surface area contributed by atoms with E-state index < -0.39 is 6.04 Å². The molecule has 0 aliphatic carbocycles. The van der Waals surface area contributed by atoms with Crippen LogP contribution in [0.3, 0.4) is 0 Å². The van der Waals surface area contributed by atoms with Crippen LogP contribution >= 0.6 is 0 Å². The van der Waals surface area contributed by atoms with Gasteiger partial charge in [-0.25, -0.2) is 0 Å². The zero-order valence-corrected chi connectivity index (χ0v) is 13.4. The van der Waals surface area contributed by atoms with Gasteiger partial charge in [-0.05, 0) is 43.4 Å². The first kappa shape index (κ1) is 16.6. The Bertz CT molecular complexity index is 500. The van der Waals surface area contributed by atoms with Crippen LogP contribution in [0.4, 0.5) is 0 Å². The van der Waals surface area contributed by atoms with Crippen LogP contribution in [-0.4, -0.2) is 11.8 Å². The van der Waals surface area contributed by atoms with E-state index in [4.69, 9.17) is 5.73 Å². The fourth-order valence-electron chi connectivity index (χ4n) is 2.39. The van der Waals surface area contributed by atoms with Gasteiger partial charge in [-0.3, -0.25) is 4.79 Å². The van der Waals surface area contributed by atoms with E-state index in [-0.39, 0.29) is 11.7 Å². The normalized spacial score (nSPS) is 14.2. The summed E-state index contributed by atoms with van der Waals surface area (Å²) >= 11 is 0. The molecule has 20 heavy (non-hydrogen) atoms. The summed E-state index contributed by atoms with van der Waals surface area (Å²) < 4.78 is 0. The largest absolute Gasteiger partial charge is 0.321 e. The number of rotatable bonds is 6. The summed E-state index contributed by atoms with van der Waals surface area (Å²) in [5.41, 5.74) is 11.1. The number of allylic oxidation sites excluding steroid dienone is 1. The monoisotopic (exact) mass is 273 g/mol. The van der Waals surface area contributed by atoms with Crippen LogP contribution in [0.1, 0.15) is 51.7 Å². The van der Waals surface area contributed by atoms with Gasteiger partial charge in [0.05, 0.1) is 6.04 Å². The third kappa shape index (κ3) is 4.04. The molecule has 1 aromatic carbocycles. The maximum Gasteiger partial charge on any atom is 0.152 e. The number of hydrogen-bond acceptors (Lipinski definition) is 2. The molecule has 1 unspecified atom stereocenters. The second kappa shape index (κ2) is 7.39. The molecule has 0 aliphatic rings. The highest BCUT2D eigenvalue weighted by molar-refractivity contribution is 5.88. The van der Waals surface area contributed by atoms with E-state index >= 15 is 0 Å². The van der Waals surface area contributed by atoms with Gasteiger partial charge in [-0.2, -0.15) is 0 Å². The first-order chi connectivity index (χ1) is 9.38. The lowest BCUT2D eigenvalue weighted by atomic mass is 9.88. The van der Waals surface area contributed by atoms with E-state index in [9.17, 15) is 4.79 Å². The van der Waals surface area contributed by atoms with Crippen molar-refractivity contribution in [1.82, 2.24) is 0 Å².